The highest BCUT2D eigenvalue weighted by molar-refractivity contribution is 5.45. The van der Waals surface area contributed by atoms with Gasteiger partial charge in [-0.05, 0) is 31.4 Å². The molecule has 2 heterocycles. The molecule has 0 saturated carbocycles. The number of rotatable bonds is 2. The molecular weight excluding hydrogens is 328 g/mol. The normalized spacial score (nSPS) is 11.4. The molecule has 144 valence electrons. The van der Waals surface area contributed by atoms with E-state index in [1.807, 2.05) is 26.8 Å². The number of aliphatic hydroxyl groups excluding tert-OH is 1. The van der Waals surface area contributed by atoms with Crippen LogP contribution < -0.4 is 10.6 Å². The molecule has 0 bridgehead atoms. The molecule has 2 aromatic rings. The van der Waals surface area contributed by atoms with Gasteiger partial charge < -0.3 is 20.5 Å². The number of hydrogen-bond acceptors (Lipinski definition) is 6. The van der Waals surface area contributed by atoms with Crippen LogP contribution in [-0.4, -0.2) is 35.0 Å². The smallest absolute Gasteiger partial charge is 0.132 e. The molecule has 6 nitrogen and oxygen atoms in total. The van der Waals surface area contributed by atoms with Crippen molar-refractivity contribution < 1.29 is 9.90 Å². The molecule has 0 unspecified atom stereocenters. The molecule has 26 heavy (non-hydrogen) atoms. The Kier molecular flexibility index (Phi) is 12.7. The zero-order valence-corrected chi connectivity index (χ0v) is 16.6. The van der Waals surface area contributed by atoms with Gasteiger partial charge in [-0.1, -0.05) is 38.1 Å². The number of benzene rings is 1. The lowest BCUT2D eigenvalue weighted by Crippen LogP contribution is -2.31. The Morgan fingerprint density at radius 1 is 1.19 bits per heavy atom. The van der Waals surface area contributed by atoms with Crippen LogP contribution in [-0.2, 0) is 24.3 Å². The second kappa shape index (κ2) is 13.9. The summed E-state index contributed by atoms with van der Waals surface area (Å²) in [7, 11) is 1.00. The Bertz CT molecular complexity index is 647. The molecule has 0 radical (unpaired) electrons. The highest BCUT2D eigenvalue weighted by Gasteiger charge is 2.17. The van der Waals surface area contributed by atoms with Gasteiger partial charge in [-0.15, -0.1) is 0 Å². The summed E-state index contributed by atoms with van der Waals surface area (Å²) in [6, 6.07) is 10.6. The van der Waals surface area contributed by atoms with E-state index >= 15 is 0 Å². The van der Waals surface area contributed by atoms with Crippen LogP contribution in [0.3, 0.4) is 0 Å². The van der Waals surface area contributed by atoms with E-state index < -0.39 is 0 Å². The fourth-order valence-corrected chi connectivity index (χ4v) is 2.57. The number of carbonyl (C=O) groups is 1. The van der Waals surface area contributed by atoms with E-state index in [-0.39, 0.29) is 0 Å². The molecule has 0 aliphatic carbocycles. The predicted octanol–water partition coefficient (Wildman–Crippen LogP) is 2.65. The number of anilines is 1. The second-order valence-electron chi connectivity index (χ2n) is 5.14. The number of aromatic nitrogens is 2. The fraction of sp³-hybridized carbons (Fsp3) is 0.450. The SMILES string of the molecule is CC.CC=O.CO.Cc1nc(CN)cc(N2CCc3ccccc3C2)n1. The van der Waals surface area contributed by atoms with Gasteiger partial charge in [0.1, 0.15) is 17.9 Å². The number of nitrogens with zero attached hydrogens (tertiary/aromatic N) is 3. The Labute approximate surface area is 157 Å². The summed E-state index contributed by atoms with van der Waals surface area (Å²) >= 11 is 0. The van der Waals surface area contributed by atoms with E-state index in [1.54, 1.807) is 0 Å². The fourth-order valence-electron chi connectivity index (χ4n) is 2.57. The van der Waals surface area contributed by atoms with Gasteiger partial charge in [0.15, 0.2) is 0 Å². The first-order chi connectivity index (χ1) is 12.7. The maximum absolute atomic E-state index is 8.81. The number of aryl methyl sites for hydroxylation is 1. The third-order valence-electron chi connectivity index (χ3n) is 3.54. The Morgan fingerprint density at radius 2 is 1.77 bits per heavy atom. The van der Waals surface area contributed by atoms with Gasteiger partial charge in [-0.25, -0.2) is 9.97 Å². The molecule has 3 N–H and O–H groups in total. The van der Waals surface area contributed by atoms with Gasteiger partial charge in [-0.2, -0.15) is 0 Å². The van der Waals surface area contributed by atoms with Crippen LogP contribution in [0.15, 0.2) is 30.3 Å². The maximum atomic E-state index is 8.81. The minimum Gasteiger partial charge on any atom is -0.400 e. The summed E-state index contributed by atoms with van der Waals surface area (Å²) in [5.41, 5.74) is 9.42. The van der Waals surface area contributed by atoms with Gasteiger partial charge in [0, 0.05) is 32.8 Å². The average Bonchev–Trinajstić information content (AvgIpc) is 2.70. The molecule has 0 fully saturated rings. The quantitative estimate of drug-likeness (QED) is 0.800. The Morgan fingerprint density at radius 3 is 2.35 bits per heavy atom. The molecule has 1 aliphatic rings. The van der Waals surface area contributed by atoms with Gasteiger partial charge >= 0.3 is 0 Å². The van der Waals surface area contributed by atoms with Crippen molar-refractivity contribution in [3.63, 3.8) is 0 Å². The summed E-state index contributed by atoms with van der Waals surface area (Å²) in [6.07, 6.45) is 1.82. The molecule has 1 aliphatic heterocycles. The number of aliphatic hydroxyl groups is 1. The number of hydrogen-bond donors (Lipinski definition) is 2. The lowest BCUT2D eigenvalue weighted by atomic mass is 10.00. The lowest BCUT2D eigenvalue weighted by Gasteiger charge is -2.30. The van der Waals surface area contributed by atoms with E-state index in [1.165, 1.54) is 18.1 Å². The highest BCUT2D eigenvalue weighted by Crippen LogP contribution is 2.23. The lowest BCUT2D eigenvalue weighted by molar-refractivity contribution is -0.106. The predicted molar refractivity (Wildman–Crippen MR) is 107 cm³/mol. The second-order valence-corrected chi connectivity index (χ2v) is 5.14. The van der Waals surface area contributed by atoms with Gasteiger partial charge in [-0.3, -0.25) is 0 Å². The van der Waals surface area contributed by atoms with E-state index in [9.17, 15) is 0 Å². The number of carbonyl (C=O) groups excluding carboxylic acids is 1. The van der Waals surface area contributed by atoms with Gasteiger partial charge in [0.2, 0.25) is 0 Å². The summed E-state index contributed by atoms with van der Waals surface area (Å²) in [5, 5.41) is 7.00. The first kappa shape index (κ1) is 23.7. The molecule has 3 rings (SSSR count). The van der Waals surface area contributed by atoms with Gasteiger partial charge in [0.05, 0.1) is 5.69 Å². The minimum absolute atomic E-state index is 0.459. The van der Waals surface area contributed by atoms with Crippen molar-refractivity contribution in [3.05, 3.63) is 53.0 Å². The monoisotopic (exact) mass is 360 g/mol. The van der Waals surface area contributed by atoms with Crippen molar-refractivity contribution in [2.75, 3.05) is 18.6 Å². The zero-order chi connectivity index (χ0) is 19.9. The molecule has 0 atom stereocenters. The van der Waals surface area contributed by atoms with Crippen molar-refractivity contribution in [1.82, 2.24) is 9.97 Å². The summed E-state index contributed by atoms with van der Waals surface area (Å²) in [5.74, 6) is 1.78. The molecule has 0 spiro atoms. The van der Waals surface area contributed by atoms with Crippen LogP contribution in [0.1, 0.15) is 43.4 Å². The average molecular weight is 361 g/mol. The molecule has 6 heteroatoms. The molecular formula is C20H32N4O2. The van der Waals surface area contributed by atoms with Crippen LogP contribution in [0.2, 0.25) is 0 Å². The van der Waals surface area contributed by atoms with Crippen LogP contribution in [0.4, 0.5) is 5.82 Å². The first-order valence-corrected chi connectivity index (χ1v) is 8.88. The summed E-state index contributed by atoms with van der Waals surface area (Å²) in [6.45, 7) is 9.73. The molecule has 1 aromatic carbocycles. The molecule has 0 amide bonds. The van der Waals surface area contributed by atoms with Crippen LogP contribution >= 0.6 is 0 Å². The number of fused-ring (bicyclic) bond motifs is 1. The first-order valence-electron chi connectivity index (χ1n) is 8.88. The van der Waals surface area contributed by atoms with Crippen molar-refractivity contribution in [1.29, 1.82) is 0 Å². The maximum Gasteiger partial charge on any atom is 0.132 e. The number of aldehydes is 1. The topological polar surface area (TPSA) is 92.3 Å². The van der Waals surface area contributed by atoms with Crippen molar-refractivity contribution in [2.45, 2.75) is 47.2 Å². The Balaban J connectivity index is 0.000000793. The van der Waals surface area contributed by atoms with E-state index in [2.05, 4.69) is 39.1 Å². The van der Waals surface area contributed by atoms with E-state index in [0.717, 1.165) is 50.2 Å². The third kappa shape index (κ3) is 7.29. The van der Waals surface area contributed by atoms with E-state index in [0.29, 0.717) is 6.54 Å². The summed E-state index contributed by atoms with van der Waals surface area (Å²) < 4.78 is 0. The highest BCUT2D eigenvalue weighted by atomic mass is 16.2. The summed E-state index contributed by atoms with van der Waals surface area (Å²) in [4.78, 5) is 20.0. The third-order valence-corrected chi connectivity index (χ3v) is 3.54. The standard InChI is InChI=1S/C15H18N4.C2H4O.C2H6.CH4O/c1-11-17-14(9-16)8-15(18-11)19-7-6-12-4-2-3-5-13(12)10-19;1-2-3;2*1-2/h2-5,8H,6-7,9-10,16H2,1H3;2H,1H3;1-2H3;2H,1H3. The number of nitrogens with two attached hydrogens (primary N) is 1. The van der Waals surface area contributed by atoms with Crippen LogP contribution in [0.5, 0.6) is 0 Å². The molecule has 1 aromatic heterocycles. The van der Waals surface area contributed by atoms with Crippen molar-refractivity contribution >= 4 is 12.1 Å². The molecule has 0 saturated heterocycles. The van der Waals surface area contributed by atoms with Gasteiger partial charge in [0.25, 0.3) is 0 Å². The van der Waals surface area contributed by atoms with Crippen LogP contribution in [0.25, 0.3) is 0 Å². The zero-order valence-electron chi connectivity index (χ0n) is 16.6. The van der Waals surface area contributed by atoms with Crippen molar-refractivity contribution in [3.8, 4) is 0 Å². The van der Waals surface area contributed by atoms with Crippen LogP contribution in [0, 0.1) is 6.92 Å². The Hall–Kier alpha value is -2.31. The minimum atomic E-state index is 0.459. The van der Waals surface area contributed by atoms with Crippen molar-refractivity contribution in [2.24, 2.45) is 5.73 Å². The van der Waals surface area contributed by atoms with E-state index in [4.69, 9.17) is 15.6 Å². The largest absolute Gasteiger partial charge is 0.400 e.